The van der Waals surface area contributed by atoms with Gasteiger partial charge in [-0.2, -0.15) is 0 Å². The van der Waals surface area contributed by atoms with E-state index in [1.807, 2.05) is 0 Å². The van der Waals surface area contributed by atoms with Crippen molar-refractivity contribution >= 4 is 0 Å². The third-order valence-corrected chi connectivity index (χ3v) is 6.32. The summed E-state index contributed by atoms with van der Waals surface area (Å²) in [5.74, 6) is 1.98. The Morgan fingerprint density at radius 3 is 2.11 bits per heavy atom. The van der Waals surface area contributed by atoms with E-state index >= 15 is 0 Å². The van der Waals surface area contributed by atoms with Crippen molar-refractivity contribution in [3.05, 3.63) is 0 Å². The van der Waals surface area contributed by atoms with Gasteiger partial charge in [-0.1, -0.05) is 13.3 Å². The van der Waals surface area contributed by atoms with Crippen LogP contribution in [0, 0.1) is 11.8 Å². The molecule has 0 spiro atoms. The van der Waals surface area contributed by atoms with Gasteiger partial charge < -0.3 is 10.2 Å². The lowest BCUT2D eigenvalue weighted by molar-refractivity contribution is 0.129. The predicted octanol–water partition coefficient (Wildman–Crippen LogP) is 3.42. The molecule has 0 aromatic rings. The van der Waals surface area contributed by atoms with Gasteiger partial charge in [-0.05, 0) is 76.8 Å². The highest BCUT2D eigenvalue weighted by molar-refractivity contribution is 4.94. The molecule has 1 N–H and O–H groups in total. The zero-order valence-corrected chi connectivity index (χ0v) is 12.9. The minimum atomic E-state index is 0.833. The average Bonchev–Trinajstić information content (AvgIpc) is 2.68. The van der Waals surface area contributed by atoms with Gasteiger partial charge in [0.2, 0.25) is 0 Å². The second kappa shape index (κ2) is 6.13. The van der Waals surface area contributed by atoms with Crippen molar-refractivity contribution in [2.24, 2.45) is 11.8 Å². The topological polar surface area (TPSA) is 15.3 Å². The van der Waals surface area contributed by atoms with Crippen LogP contribution in [0.15, 0.2) is 0 Å². The van der Waals surface area contributed by atoms with Crippen LogP contribution in [0.3, 0.4) is 0 Å². The first-order valence-electron chi connectivity index (χ1n) is 8.71. The molecule has 19 heavy (non-hydrogen) atoms. The van der Waals surface area contributed by atoms with Crippen LogP contribution in [0.1, 0.15) is 64.7 Å². The Hall–Kier alpha value is -0.0800. The maximum absolute atomic E-state index is 3.90. The molecular formula is C17H32N2. The first-order chi connectivity index (χ1) is 9.26. The molecule has 3 rings (SSSR count). The summed E-state index contributed by atoms with van der Waals surface area (Å²) in [6, 6.07) is 2.64. The van der Waals surface area contributed by atoms with Crippen LogP contribution in [0.5, 0.6) is 0 Å². The predicted molar refractivity (Wildman–Crippen MR) is 81.3 cm³/mol. The third-order valence-electron chi connectivity index (χ3n) is 6.32. The summed E-state index contributed by atoms with van der Waals surface area (Å²) in [4.78, 5) is 2.66. The second-order valence-electron chi connectivity index (χ2n) is 7.42. The van der Waals surface area contributed by atoms with Crippen molar-refractivity contribution in [3.8, 4) is 0 Å². The van der Waals surface area contributed by atoms with Gasteiger partial charge in [-0.3, -0.25) is 0 Å². The van der Waals surface area contributed by atoms with E-state index in [9.17, 15) is 0 Å². The van der Waals surface area contributed by atoms with Crippen molar-refractivity contribution in [2.75, 3.05) is 13.6 Å². The van der Waals surface area contributed by atoms with E-state index in [0.717, 1.165) is 30.0 Å². The normalized spacial score (nSPS) is 43.6. The van der Waals surface area contributed by atoms with E-state index in [-0.39, 0.29) is 0 Å². The van der Waals surface area contributed by atoms with Gasteiger partial charge >= 0.3 is 0 Å². The number of hydrogen-bond donors (Lipinski definition) is 1. The smallest absolute Gasteiger partial charge is 0.00988 e. The van der Waals surface area contributed by atoms with Crippen molar-refractivity contribution in [1.29, 1.82) is 0 Å². The molecule has 1 saturated carbocycles. The number of piperidine rings is 1. The molecule has 0 aromatic heterocycles. The van der Waals surface area contributed by atoms with Crippen LogP contribution in [0.4, 0.5) is 0 Å². The quantitative estimate of drug-likeness (QED) is 0.837. The van der Waals surface area contributed by atoms with Gasteiger partial charge in [0, 0.05) is 18.1 Å². The zero-order valence-electron chi connectivity index (χ0n) is 12.9. The van der Waals surface area contributed by atoms with Crippen LogP contribution >= 0.6 is 0 Å². The lowest BCUT2D eigenvalue weighted by Crippen LogP contribution is -2.44. The molecule has 110 valence electrons. The van der Waals surface area contributed by atoms with Crippen molar-refractivity contribution < 1.29 is 0 Å². The molecule has 3 fully saturated rings. The van der Waals surface area contributed by atoms with Crippen molar-refractivity contribution in [1.82, 2.24) is 10.2 Å². The monoisotopic (exact) mass is 264 g/mol. The molecule has 0 radical (unpaired) electrons. The van der Waals surface area contributed by atoms with E-state index in [0.29, 0.717) is 0 Å². The van der Waals surface area contributed by atoms with Crippen LogP contribution in [0.2, 0.25) is 0 Å². The summed E-state index contributed by atoms with van der Waals surface area (Å²) in [5, 5.41) is 3.90. The van der Waals surface area contributed by atoms with Crippen LogP contribution in [-0.2, 0) is 0 Å². The van der Waals surface area contributed by atoms with E-state index in [1.165, 1.54) is 64.3 Å². The standard InChI is InChI=1S/C17H32N2/c1-3-13-4-6-15(7-5-13)18-12-14-10-16-8-9-17(11-14)19(16)2/h13-18H,3-12H2,1-2H3. The third kappa shape index (κ3) is 3.16. The summed E-state index contributed by atoms with van der Waals surface area (Å²) in [7, 11) is 2.35. The SMILES string of the molecule is CCC1CCC(NCC2CC3CCC(C2)N3C)CC1. The fourth-order valence-corrected chi connectivity index (χ4v) is 4.80. The first kappa shape index (κ1) is 13.9. The molecule has 2 heterocycles. The van der Waals surface area contributed by atoms with Crippen LogP contribution < -0.4 is 5.32 Å². The number of nitrogens with one attached hydrogen (secondary N) is 1. The van der Waals surface area contributed by atoms with Gasteiger partial charge in [0.25, 0.3) is 0 Å². The lowest BCUT2D eigenvalue weighted by atomic mass is 9.84. The molecule has 2 heteroatoms. The minimum absolute atomic E-state index is 0.833. The molecule has 2 unspecified atom stereocenters. The number of rotatable bonds is 4. The van der Waals surface area contributed by atoms with E-state index in [1.54, 1.807) is 0 Å². The van der Waals surface area contributed by atoms with E-state index in [2.05, 4.69) is 24.2 Å². The molecule has 3 aliphatic rings. The van der Waals surface area contributed by atoms with Gasteiger partial charge in [0.05, 0.1) is 0 Å². The molecule has 2 atom stereocenters. The molecule has 0 amide bonds. The average molecular weight is 264 g/mol. The lowest BCUT2D eigenvalue weighted by Gasteiger charge is -2.37. The molecule has 0 aromatic carbocycles. The fraction of sp³-hybridized carbons (Fsp3) is 1.00. The summed E-state index contributed by atoms with van der Waals surface area (Å²) in [6.07, 6.45) is 13.0. The van der Waals surface area contributed by atoms with E-state index in [4.69, 9.17) is 0 Å². The molecule has 1 aliphatic carbocycles. The van der Waals surface area contributed by atoms with Gasteiger partial charge in [-0.25, -0.2) is 0 Å². The molecule has 2 aliphatic heterocycles. The first-order valence-corrected chi connectivity index (χ1v) is 8.71. The van der Waals surface area contributed by atoms with Crippen molar-refractivity contribution in [2.45, 2.75) is 82.8 Å². The minimum Gasteiger partial charge on any atom is -0.314 e. The Kier molecular flexibility index (Phi) is 4.48. The van der Waals surface area contributed by atoms with Crippen LogP contribution in [0.25, 0.3) is 0 Å². The van der Waals surface area contributed by atoms with E-state index < -0.39 is 0 Å². The molecule has 2 saturated heterocycles. The fourth-order valence-electron chi connectivity index (χ4n) is 4.80. The Balaban J connectivity index is 1.39. The highest BCUT2D eigenvalue weighted by atomic mass is 15.2. The molecule has 2 nitrogen and oxygen atoms in total. The summed E-state index contributed by atoms with van der Waals surface area (Å²) < 4.78 is 0. The Morgan fingerprint density at radius 1 is 0.895 bits per heavy atom. The van der Waals surface area contributed by atoms with Crippen LogP contribution in [-0.4, -0.2) is 36.6 Å². The number of nitrogens with zero attached hydrogens (tertiary/aromatic N) is 1. The van der Waals surface area contributed by atoms with Gasteiger partial charge in [0.1, 0.15) is 0 Å². The Bertz CT molecular complexity index is 269. The summed E-state index contributed by atoms with van der Waals surface area (Å²) in [6.45, 7) is 3.65. The second-order valence-corrected chi connectivity index (χ2v) is 7.42. The highest BCUT2D eigenvalue weighted by Crippen LogP contribution is 2.37. The molecule has 2 bridgehead atoms. The zero-order chi connectivity index (χ0) is 13.2. The maximum Gasteiger partial charge on any atom is 0.00988 e. The van der Waals surface area contributed by atoms with Crippen molar-refractivity contribution in [3.63, 3.8) is 0 Å². The van der Waals surface area contributed by atoms with Gasteiger partial charge in [0.15, 0.2) is 0 Å². The summed E-state index contributed by atoms with van der Waals surface area (Å²) >= 11 is 0. The summed E-state index contributed by atoms with van der Waals surface area (Å²) in [5.41, 5.74) is 0. The highest BCUT2D eigenvalue weighted by Gasteiger charge is 2.38. The number of fused-ring (bicyclic) bond motifs is 2. The Labute approximate surface area is 119 Å². The Morgan fingerprint density at radius 2 is 1.53 bits per heavy atom. The maximum atomic E-state index is 3.90. The molecular weight excluding hydrogens is 232 g/mol. The van der Waals surface area contributed by atoms with Gasteiger partial charge in [-0.15, -0.1) is 0 Å². The number of hydrogen-bond acceptors (Lipinski definition) is 2. The largest absolute Gasteiger partial charge is 0.314 e.